The Morgan fingerprint density at radius 2 is 1.33 bits per heavy atom. The number of carbonyl (C=O) groups excluding carboxylic acids is 1. The van der Waals surface area contributed by atoms with Crippen molar-refractivity contribution in [2.24, 2.45) is 0 Å². The Morgan fingerprint density at radius 3 is 1.78 bits per heavy atom. The highest BCUT2D eigenvalue weighted by Gasteiger charge is 1.96. The van der Waals surface area contributed by atoms with Gasteiger partial charge in [0.2, 0.25) is 0 Å². The summed E-state index contributed by atoms with van der Waals surface area (Å²) in [6.07, 6.45) is 19.1. The first-order valence-corrected chi connectivity index (χ1v) is 7.44. The molecular formula is C16H28O2. The molecule has 0 aromatic rings. The fourth-order valence-corrected chi connectivity index (χ4v) is 1.97. The highest BCUT2D eigenvalue weighted by atomic mass is 16.5. The van der Waals surface area contributed by atoms with Crippen molar-refractivity contribution in [3.8, 4) is 12.3 Å². The Labute approximate surface area is 112 Å². The minimum Gasteiger partial charge on any atom is -0.456 e. The molecule has 0 aliphatic rings. The van der Waals surface area contributed by atoms with Gasteiger partial charge in [-0.05, 0) is 6.42 Å². The molecule has 104 valence electrons. The number of carbonyl (C=O) groups is 1. The van der Waals surface area contributed by atoms with Crippen molar-refractivity contribution in [3.05, 3.63) is 0 Å². The van der Waals surface area contributed by atoms with Gasteiger partial charge in [-0.2, -0.15) is 0 Å². The number of hydrogen-bond acceptors (Lipinski definition) is 2. The predicted molar refractivity (Wildman–Crippen MR) is 76.3 cm³/mol. The van der Waals surface area contributed by atoms with Gasteiger partial charge in [-0.1, -0.05) is 71.1 Å². The average Bonchev–Trinajstić information content (AvgIpc) is 2.39. The monoisotopic (exact) mass is 252 g/mol. The normalized spacial score (nSPS) is 10.0. The van der Waals surface area contributed by atoms with Gasteiger partial charge in [0, 0.05) is 5.92 Å². The second-order valence-electron chi connectivity index (χ2n) is 4.82. The van der Waals surface area contributed by atoms with E-state index >= 15 is 0 Å². The van der Waals surface area contributed by atoms with Gasteiger partial charge in [-0.3, -0.25) is 0 Å². The molecule has 0 atom stereocenters. The van der Waals surface area contributed by atoms with Crippen molar-refractivity contribution in [1.29, 1.82) is 0 Å². The molecule has 0 N–H and O–H groups in total. The molecule has 0 saturated heterocycles. The van der Waals surface area contributed by atoms with E-state index < -0.39 is 5.97 Å². The second kappa shape index (κ2) is 14.1. The predicted octanol–water partition coefficient (Wildman–Crippen LogP) is 4.47. The zero-order chi connectivity index (χ0) is 13.5. The Hall–Kier alpha value is -0.970. The van der Waals surface area contributed by atoms with Gasteiger partial charge in [0.25, 0.3) is 0 Å². The molecule has 0 radical (unpaired) electrons. The van der Waals surface area contributed by atoms with Gasteiger partial charge in [0.15, 0.2) is 0 Å². The smallest absolute Gasteiger partial charge is 0.384 e. The van der Waals surface area contributed by atoms with E-state index in [0.29, 0.717) is 6.61 Å². The molecular weight excluding hydrogens is 224 g/mol. The van der Waals surface area contributed by atoms with E-state index in [0.717, 1.165) is 12.8 Å². The minimum atomic E-state index is -0.540. The minimum absolute atomic E-state index is 0.472. The summed E-state index contributed by atoms with van der Waals surface area (Å²) in [5.41, 5.74) is 0. The van der Waals surface area contributed by atoms with Gasteiger partial charge in [0.1, 0.15) is 0 Å². The molecule has 0 unspecified atom stereocenters. The third-order valence-corrected chi connectivity index (χ3v) is 3.10. The standard InChI is InChI=1S/C16H28O2/c1-3-5-6-7-8-9-10-11-12-13-14-15-18-16(17)4-2/h2H,3,5-15H2,1H3. The van der Waals surface area contributed by atoms with Gasteiger partial charge < -0.3 is 4.74 Å². The molecule has 0 saturated carbocycles. The van der Waals surface area contributed by atoms with E-state index in [9.17, 15) is 4.79 Å². The third-order valence-electron chi connectivity index (χ3n) is 3.10. The second-order valence-corrected chi connectivity index (χ2v) is 4.82. The first-order valence-electron chi connectivity index (χ1n) is 7.44. The molecule has 0 aliphatic heterocycles. The maximum atomic E-state index is 10.6. The van der Waals surface area contributed by atoms with Crippen LogP contribution in [0.2, 0.25) is 0 Å². The lowest BCUT2D eigenvalue weighted by atomic mass is 10.1. The van der Waals surface area contributed by atoms with E-state index in [1.165, 1.54) is 57.8 Å². The zero-order valence-corrected chi connectivity index (χ0v) is 11.9. The molecule has 2 nitrogen and oxygen atoms in total. The van der Waals surface area contributed by atoms with Crippen LogP contribution in [-0.4, -0.2) is 12.6 Å². The van der Waals surface area contributed by atoms with Crippen molar-refractivity contribution >= 4 is 5.97 Å². The molecule has 0 bridgehead atoms. The topological polar surface area (TPSA) is 26.3 Å². The summed E-state index contributed by atoms with van der Waals surface area (Å²) in [5, 5.41) is 0. The van der Waals surface area contributed by atoms with E-state index in [2.05, 4.69) is 6.92 Å². The van der Waals surface area contributed by atoms with Gasteiger partial charge in [-0.25, -0.2) is 4.79 Å². The number of esters is 1. The molecule has 18 heavy (non-hydrogen) atoms. The number of rotatable bonds is 12. The van der Waals surface area contributed by atoms with Gasteiger partial charge in [0.05, 0.1) is 6.61 Å². The van der Waals surface area contributed by atoms with E-state index in [1.54, 1.807) is 0 Å². The summed E-state index contributed by atoms with van der Waals surface area (Å²) in [6.45, 7) is 2.72. The summed E-state index contributed by atoms with van der Waals surface area (Å²) in [5.74, 6) is 1.40. The summed E-state index contributed by atoms with van der Waals surface area (Å²) < 4.78 is 4.80. The Morgan fingerprint density at radius 1 is 0.889 bits per heavy atom. The molecule has 0 amide bonds. The van der Waals surface area contributed by atoms with Crippen LogP contribution in [0.3, 0.4) is 0 Å². The molecule has 2 heteroatoms. The number of hydrogen-bond donors (Lipinski definition) is 0. The summed E-state index contributed by atoms with van der Waals surface area (Å²) >= 11 is 0. The number of ether oxygens (including phenoxy) is 1. The van der Waals surface area contributed by atoms with Crippen molar-refractivity contribution < 1.29 is 9.53 Å². The maximum absolute atomic E-state index is 10.6. The van der Waals surface area contributed by atoms with Crippen LogP contribution in [0.5, 0.6) is 0 Å². The van der Waals surface area contributed by atoms with Crippen LogP contribution in [0.1, 0.15) is 77.6 Å². The highest BCUT2D eigenvalue weighted by molar-refractivity contribution is 5.87. The van der Waals surface area contributed by atoms with E-state index in [1.807, 2.05) is 5.92 Å². The lowest BCUT2D eigenvalue weighted by Crippen LogP contribution is -2.02. The molecule has 0 aliphatic carbocycles. The fourth-order valence-electron chi connectivity index (χ4n) is 1.97. The average molecular weight is 252 g/mol. The van der Waals surface area contributed by atoms with Crippen LogP contribution >= 0.6 is 0 Å². The summed E-state index contributed by atoms with van der Waals surface area (Å²) in [7, 11) is 0. The SMILES string of the molecule is C#CC(=O)OCCCCCCCCCCCCC. The van der Waals surface area contributed by atoms with E-state index in [4.69, 9.17) is 11.2 Å². The largest absolute Gasteiger partial charge is 0.456 e. The van der Waals surface area contributed by atoms with Crippen molar-refractivity contribution in [2.75, 3.05) is 6.61 Å². The van der Waals surface area contributed by atoms with E-state index in [-0.39, 0.29) is 0 Å². The van der Waals surface area contributed by atoms with Gasteiger partial charge >= 0.3 is 5.97 Å². The lowest BCUT2D eigenvalue weighted by molar-refractivity contribution is -0.136. The maximum Gasteiger partial charge on any atom is 0.384 e. The van der Waals surface area contributed by atoms with Crippen LogP contribution in [0, 0.1) is 12.3 Å². The Balaban J connectivity index is 2.99. The fraction of sp³-hybridized carbons (Fsp3) is 0.812. The summed E-state index contributed by atoms with van der Waals surface area (Å²) in [4.78, 5) is 10.6. The summed E-state index contributed by atoms with van der Waals surface area (Å²) in [6, 6.07) is 0. The molecule has 0 heterocycles. The number of terminal acetylenes is 1. The quantitative estimate of drug-likeness (QED) is 0.222. The van der Waals surface area contributed by atoms with Crippen LogP contribution in [-0.2, 0) is 9.53 Å². The van der Waals surface area contributed by atoms with Crippen LogP contribution in [0.15, 0.2) is 0 Å². The van der Waals surface area contributed by atoms with Crippen LogP contribution < -0.4 is 0 Å². The Kier molecular flexibility index (Phi) is 13.3. The first kappa shape index (κ1) is 17.0. The molecule has 0 aromatic carbocycles. The molecule has 0 spiro atoms. The molecule has 0 rings (SSSR count). The van der Waals surface area contributed by atoms with Crippen molar-refractivity contribution in [3.63, 3.8) is 0 Å². The van der Waals surface area contributed by atoms with Crippen LogP contribution in [0.25, 0.3) is 0 Å². The van der Waals surface area contributed by atoms with Crippen molar-refractivity contribution in [1.82, 2.24) is 0 Å². The molecule has 0 fully saturated rings. The third kappa shape index (κ3) is 13.1. The zero-order valence-electron chi connectivity index (χ0n) is 11.9. The van der Waals surface area contributed by atoms with Gasteiger partial charge in [-0.15, -0.1) is 6.42 Å². The first-order chi connectivity index (χ1) is 8.81. The highest BCUT2D eigenvalue weighted by Crippen LogP contribution is 2.11. The lowest BCUT2D eigenvalue weighted by Gasteiger charge is -2.02. The Bertz CT molecular complexity index is 228. The van der Waals surface area contributed by atoms with Crippen molar-refractivity contribution in [2.45, 2.75) is 77.6 Å². The van der Waals surface area contributed by atoms with Crippen LogP contribution in [0.4, 0.5) is 0 Å². The number of unbranched alkanes of at least 4 members (excludes halogenated alkanes) is 10. The molecule has 0 aromatic heterocycles.